The molecule has 0 aromatic heterocycles. The highest BCUT2D eigenvalue weighted by Crippen LogP contribution is 2.20. The van der Waals surface area contributed by atoms with Crippen LogP contribution in [0.15, 0.2) is 0 Å². The second-order valence-corrected chi connectivity index (χ2v) is 5.48. The van der Waals surface area contributed by atoms with Gasteiger partial charge in [0.1, 0.15) is 0 Å². The molecule has 0 saturated carbocycles. The minimum absolute atomic E-state index is 0. The summed E-state index contributed by atoms with van der Waals surface area (Å²) in [5.74, 6) is 0.337. The predicted molar refractivity (Wildman–Crippen MR) is 75.4 cm³/mol. The first-order valence-electron chi connectivity index (χ1n) is 6.85. The summed E-state index contributed by atoms with van der Waals surface area (Å²) in [5.41, 5.74) is 6.13. The van der Waals surface area contributed by atoms with Crippen molar-refractivity contribution >= 4 is 18.3 Å². The normalized spacial score (nSPS) is 30.6. The van der Waals surface area contributed by atoms with Crippen molar-refractivity contribution in [2.75, 3.05) is 26.3 Å². The molecule has 2 aliphatic rings. The monoisotopic (exact) mass is 292 g/mol. The summed E-state index contributed by atoms with van der Waals surface area (Å²) in [6.45, 7) is 6.75. The molecular formula is C13H25ClN2O3. The van der Waals surface area contributed by atoms with E-state index in [0.29, 0.717) is 13.1 Å². The molecule has 0 bridgehead atoms. The predicted octanol–water partition coefficient (Wildman–Crippen LogP) is 0.798. The van der Waals surface area contributed by atoms with Crippen LogP contribution >= 0.6 is 12.4 Å². The number of amides is 1. The molecule has 2 saturated heterocycles. The summed E-state index contributed by atoms with van der Waals surface area (Å²) >= 11 is 0. The standard InChI is InChI=1S/C13H24N2O3.ClH/c1-9-7-15(8-10(2)18-9)13(16)12(14)11-3-5-17-6-4-11;/h9-12H,3-8,14H2,1-2H3;1H. The molecule has 0 aliphatic carbocycles. The van der Waals surface area contributed by atoms with Crippen LogP contribution < -0.4 is 5.73 Å². The van der Waals surface area contributed by atoms with E-state index in [4.69, 9.17) is 15.2 Å². The highest BCUT2D eigenvalue weighted by atomic mass is 35.5. The fourth-order valence-electron chi connectivity index (χ4n) is 2.85. The van der Waals surface area contributed by atoms with Crippen molar-refractivity contribution in [3.8, 4) is 0 Å². The average Bonchev–Trinajstić information content (AvgIpc) is 2.37. The number of nitrogens with two attached hydrogens (primary N) is 1. The van der Waals surface area contributed by atoms with Crippen LogP contribution in [0.1, 0.15) is 26.7 Å². The Bertz CT molecular complexity index is 288. The van der Waals surface area contributed by atoms with E-state index in [9.17, 15) is 4.79 Å². The van der Waals surface area contributed by atoms with Crippen LogP contribution in [0, 0.1) is 5.92 Å². The Morgan fingerprint density at radius 3 is 2.26 bits per heavy atom. The van der Waals surface area contributed by atoms with Gasteiger partial charge in [-0.25, -0.2) is 0 Å². The van der Waals surface area contributed by atoms with Gasteiger partial charge >= 0.3 is 0 Å². The molecule has 0 aromatic rings. The largest absolute Gasteiger partial charge is 0.381 e. The summed E-state index contributed by atoms with van der Waals surface area (Å²) in [6, 6.07) is -0.383. The van der Waals surface area contributed by atoms with Gasteiger partial charge in [0, 0.05) is 26.3 Å². The molecule has 2 rings (SSSR count). The highest BCUT2D eigenvalue weighted by Gasteiger charge is 2.33. The molecule has 2 heterocycles. The minimum Gasteiger partial charge on any atom is -0.381 e. The van der Waals surface area contributed by atoms with Crippen molar-refractivity contribution in [1.29, 1.82) is 0 Å². The van der Waals surface area contributed by atoms with Gasteiger partial charge in [-0.2, -0.15) is 0 Å². The number of halogens is 1. The molecule has 5 nitrogen and oxygen atoms in total. The van der Waals surface area contributed by atoms with Crippen molar-refractivity contribution < 1.29 is 14.3 Å². The number of rotatable bonds is 2. The van der Waals surface area contributed by atoms with Gasteiger partial charge in [-0.3, -0.25) is 4.79 Å². The summed E-state index contributed by atoms with van der Waals surface area (Å²) in [6.07, 6.45) is 1.98. The lowest BCUT2D eigenvalue weighted by atomic mass is 9.91. The zero-order chi connectivity index (χ0) is 13.1. The molecule has 1 amide bonds. The molecule has 112 valence electrons. The van der Waals surface area contributed by atoms with Crippen LogP contribution in [0.25, 0.3) is 0 Å². The van der Waals surface area contributed by atoms with E-state index in [-0.39, 0.29) is 42.5 Å². The number of carbonyl (C=O) groups is 1. The second-order valence-electron chi connectivity index (χ2n) is 5.48. The van der Waals surface area contributed by atoms with Crippen molar-refractivity contribution in [3.05, 3.63) is 0 Å². The minimum atomic E-state index is -0.383. The summed E-state index contributed by atoms with van der Waals surface area (Å²) in [5, 5.41) is 0. The zero-order valence-corrected chi connectivity index (χ0v) is 12.5. The Morgan fingerprint density at radius 2 is 1.74 bits per heavy atom. The maximum atomic E-state index is 12.4. The number of ether oxygens (including phenoxy) is 2. The van der Waals surface area contributed by atoms with Gasteiger partial charge in [0.05, 0.1) is 18.2 Å². The molecule has 2 fully saturated rings. The summed E-state index contributed by atoms with van der Waals surface area (Å²) in [7, 11) is 0. The summed E-state index contributed by atoms with van der Waals surface area (Å²) < 4.78 is 10.9. The van der Waals surface area contributed by atoms with Crippen LogP contribution in [-0.2, 0) is 14.3 Å². The smallest absolute Gasteiger partial charge is 0.239 e. The first-order chi connectivity index (χ1) is 8.58. The van der Waals surface area contributed by atoms with Crippen molar-refractivity contribution in [2.24, 2.45) is 11.7 Å². The number of hydrogen-bond acceptors (Lipinski definition) is 4. The van der Waals surface area contributed by atoms with E-state index in [0.717, 1.165) is 26.1 Å². The van der Waals surface area contributed by atoms with Gasteiger partial charge in [-0.05, 0) is 32.6 Å². The maximum Gasteiger partial charge on any atom is 0.239 e. The Labute approximate surface area is 121 Å². The summed E-state index contributed by atoms with van der Waals surface area (Å²) in [4.78, 5) is 14.3. The lowest BCUT2D eigenvalue weighted by molar-refractivity contribution is -0.146. The van der Waals surface area contributed by atoms with E-state index in [1.165, 1.54) is 0 Å². The van der Waals surface area contributed by atoms with E-state index in [1.807, 2.05) is 18.7 Å². The number of carbonyl (C=O) groups excluding carboxylic acids is 1. The first kappa shape index (κ1) is 16.7. The molecule has 2 N–H and O–H groups in total. The third-order valence-electron chi connectivity index (χ3n) is 3.79. The van der Waals surface area contributed by atoms with E-state index in [2.05, 4.69) is 0 Å². The van der Waals surface area contributed by atoms with Gasteiger partial charge in [-0.1, -0.05) is 0 Å². The molecule has 3 unspecified atom stereocenters. The van der Waals surface area contributed by atoms with Gasteiger partial charge < -0.3 is 20.1 Å². The van der Waals surface area contributed by atoms with Crippen molar-refractivity contribution in [3.63, 3.8) is 0 Å². The van der Waals surface area contributed by atoms with E-state index >= 15 is 0 Å². The molecule has 0 aromatic carbocycles. The Balaban J connectivity index is 0.00000180. The maximum absolute atomic E-state index is 12.4. The highest BCUT2D eigenvalue weighted by molar-refractivity contribution is 5.85. The number of hydrogen-bond donors (Lipinski definition) is 1. The fraction of sp³-hybridized carbons (Fsp3) is 0.923. The third kappa shape index (κ3) is 4.31. The van der Waals surface area contributed by atoms with Crippen LogP contribution in [0.2, 0.25) is 0 Å². The molecular weight excluding hydrogens is 268 g/mol. The van der Waals surface area contributed by atoms with Crippen molar-refractivity contribution in [1.82, 2.24) is 4.90 Å². The Kier molecular flexibility index (Phi) is 6.53. The molecule has 0 spiro atoms. The molecule has 19 heavy (non-hydrogen) atoms. The van der Waals surface area contributed by atoms with Crippen LogP contribution in [0.4, 0.5) is 0 Å². The lowest BCUT2D eigenvalue weighted by Crippen LogP contribution is -2.55. The lowest BCUT2D eigenvalue weighted by Gasteiger charge is -2.38. The van der Waals surface area contributed by atoms with Crippen LogP contribution in [0.3, 0.4) is 0 Å². The fourth-order valence-corrected chi connectivity index (χ4v) is 2.85. The topological polar surface area (TPSA) is 64.8 Å². The Hall–Kier alpha value is -0.360. The van der Waals surface area contributed by atoms with Crippen LogP contribution in [-0.4, -0.2) is 55.4 Å². The third-order valence-corrected chi connectivity index (χ3v) is 3.79. The molecule has 2 aliphatic heterocycles. The quantitative estimate of drug-likeness (QED) is 0.817. The Morgan fingerprint density at radius 1 is 1.21 bits per heavy atom. The van der Waals surface area contributed by atoms with Crippen LogP contribution in [0.5, 0.6) is 0 Å². The van der Waals surface area contributed by atoms with Gasteiger partial charge in [0.15, 0.2) is 0 Å². The van der Waals surface area contributed by atoms with E-state index in [1.54, 1.807) is 0 Å². The van der Waals surface area contributed by atoms with Gasteiger partial charge in [0.2, 0.25) is 5.91 Å². The zero-order valence-electron chi connectivity index (χ0n) is 11.7. The molecule has 0 radical (unpaired) electrons. The first-order valence-corrected chi connectivity index (χ1v) is 6.85. The molecule has 6 heteroatoms. The van der Waals surface area contributed by atoms with Crippen molar-refractivity contribution in [2.45, 2.75) is 44.9 Å². The number of morpholine rings is 1. The SMILES string of the molecule is CC1CN(C(=O)C(N)C2CCOCC2)CC(C)O1.Cl. The number of nitrogens with zero attached hydrogens (tertiary/aromatic N) is 1. The van der Waals surface area contributed by atoms with E-state index < -0.39 is 0 Å². The van der Waals surface area contributed by atoms with Gasteiger partial charge in [-0.15, -0.1) is 12.4 Å². The second kappa shape index (κ2) is 7.43. The average molecular weight is 293 g/mol. The molecule has 3 atom stereocenters. The van der Waals surface area contributed by atoms with Gasteiger partial charge in [0.25, 0.3) is 0 Å².